The largest absolute Gasteiger partial charge is 0.508 e. The summed E-state index contributed by atoms with van der Waals surface area (Å²) in [7, 11) is 0. The minimum absolute atomic E-state index is 0.111. The van der Waals surface area contributed by atoms with E-state index in [1.54, 1.807) is 23.2 Å². The average Bonchev–Trinajstić information content (AvgIpc) is 3.31. The Labute approximate surface area is 150 Å². The van der Waals surface area contributed by atoms with Crippen LogP contribution in [0.15, 0.2) is 42.6 Å². The van der Waals surface area contributed by atoms with E-state index in [0.29, 0.717) is 18.8 Å². The van der Waals surface area contributed by atoms with Crippen molar-refractivity contribution in [2.24, 2.45) is 0 Å². The molecular weight excluding hydrogens is 330 g/mol. The third-order valence-electron chi connectivity index (χ3n) is 4.57. The van der Waals surface area contributed by atoms with Crippen LogP contribution in [0.2, 0.25) is 0 Å². The quantitative estimate of drug-likeness (QED) is 0.714. The summed E-state index contributed by atoms with van der Waals surface area (Å²) >= 11 is 0. The molecule has 26 heavy (non-hydrogen) atoms. The van der Waals surface area contributed by atoms with Gasteiger partial charge in [-0.25, -0.2) is 0 Å². The van der Waals surface area contributed by atoms with Crippen molar-refractivity contribution in [3.05, 3.63) is 42.6 Å². The second kappa shape index (κ2) is 6.45. The topological polar surface area (TPSA) is 78.5 Å². The molecule has 0 spiro atoms. The number of carbonyl (C=O) groups excluding carboxylic acids is 1. The zero-order valence-electron chi connectivity index (χ0n) is 14.0. The number of hydrogen-bond acceptors (Lipinski definition) is 4. The predicted molar refractivity (Wildman–Crippen MR) is 97.6 cm³/mol. The van der Waals surface area contributed by atoms with Crippen molar-refractivity contribution in [2.45, 2.75) is 12.5 Å². The van der Waals surface area contributed by atoms with Gasteiger partial charge in [0.05, 0.1) is 23.6 Å². The van der Waals surface area contributed by atoms with Gasteiger partial charge in [-0.2, -0.15) is 5.10 Å². The van der Waals surface area contributed by atoms with Gasteiger partial charge in [0, 0.05) is 13.0 Å². The third kappa shape index (κ3) is 2.95. The number of H-pyrrole nitrogens is 1. The first kappa shape index (κ1) is 16.0. The van der Waals surface area contributed by atoms with E-state index in [9.17, 15) is 9.90 Å². The highest BCUT2D eigenvalue weighted by Gasteiger charge is 2.27. The van der Waals surface area contributed by atoms with Gasteiger partial charge in [-0.15, -0.1) is 6.42 Å². The molecule has 1 aliphatic heterocycles. The fraction of sp³-hybridized carbons (Fsp3) is 0.200. The smallest absolute Gasteiger partial charge is 0.298 e. The summed E-state index contributed by atoms with van der Waals surface area (Å²) in [6.45, 7) is 1.08. The zero-order chi connectivity index (χ0) is 18.1. The van der Waals surface area contributed by atoms with Gasteiger partial charge < -0.3 is 14.7 Å². The molecule has 1 fully saturated rings. The van der Waals surface area contributed by atoms with Gasteiger partial charge in [0.1, 0.15) is 17.6 Å². The van der Waals surface area contributed by atoms with Gasteiger partial charge in [0.25, 0.3) is 5.91 Å². The molecule has 1 saturated heterocycles. The SMILES string of the molecule is C#CC(=O)N1CC[C@H](Oc2cc(-c3ccc(O)cc3)cc3[nH]ncc23)C1. The number of terminal acetylenes is 1. The molecule has 0 aliphatic carbocycles. The van der Waals surface area contributed by atoms with Gasteiger partial charge in [-0.1, -0.05) is 12.1 Å². The lowest BCUT2D eigenvalue weighted by Gasteiger charge is -2.16. The van der Waals surface area contributed by atoms with Crippen LogP contribution in [0.1, 0.15) is 6.42 Å². The van der Waals surface area contributed by atoms with Gasteiger partial charge in [0.2, 0.25) is 0 Å². The molecule has 1 aromatic heterocycles. The van der Waals surface area contributed by atoms with Gasteiger partial charge in [0.15, 0.2) is 0 Å². The zero-order valence-corrected chi connectivity index (χ0v) is 14.0. The van der Waals surface area contributed by atoms with Crippen LogP contribution in [0.25, 0.3) is 22.0 Å². The van der Waals surface area contributed by atoms with Crippen LogP contribution in [-0.4, -0.2) is 45.3 Å². The molecule has 6 heteroatoms. The van der Waals surface area contributed by atoms with E-state index < -0.39 is 0 Å². The third-order valence-corrected chi connectivity index (χ3v) is 4.57. The first-order valence-electron chi connectivity index (χ1n) is 8.33. The number of hydrogen-bond donors (Lipinski definition) is 2. The first-order chi connectivity index (χ1) is 12.6. The van der Waals surface area contributed by atoms with Crippen molar-refractivity contribution in [1.82, 2.24) is 15.1 Å². The van der Waals surface area contributed by atoms with Crippen LogP contribution in [0.4, 0.5) is 0 Å². The molecule has 2 heterocycles. The normalized spacial score (nSPS) is 16.6. The number of nitrogens with one attached hydrogen (secondary N) is 1. The van der Waals surface area contributed by atoms with Crippen molar-refractivity contribution in [2.75, 3.05) is 13.1 Å². The summed E-state index contributed by atoms with van der Waals surface area (Å²) in [5, 5.41) is 17.5. The molecule has 6 nitrogen and oxygen atoms in total. The highest BCUT2D eigenvalue weighted by molar-refractivity contribution is 5.93. The van der Waals surface area contributed by atoms with Crippen LogP contribution in [0.5, 0.6) is 11.5 Å². The number of amides is 1. The Balaban J connectivity index is 1.64. The van der Waals surface area contributed by atoms with E-state index >= 15 is 0 Å². The number of aromatic amines is 1. The first-order valence-corrected chi connectivity index (χ1v) is 8.33. The van der Waals surface area contributed by atoms with Crippen molar-refractivity contribution in [3.63, 3.8) is 0 Å². The minimum Gasteiger partial charge on any atom is -0.508 e. The van der Waals surface area contributed by atoms with Gasteiger partial charge in [-0.05, 0) is 41.3 Å². The summed E-state index contributed by atoms with van der Waals surface area (Å²) in [4.78, 5) is 13.3. The molecule has 0 saturated carbocycles. The summed E-state index contributed by atoms with van der Waals surface area (Å²) in [6.07, 6.45) is 7.54. The Hall–Kier alpha value is -3.46. The van der Waals surface area contributed by atoms with Crippen LogP contribution < -0.4 is 4.74 Å². The fourth-order valence-electron chi connectivity index (χ4n) is 3.22. The number of phenols is 1. The van der Waals surface area contributed by atoms with Crippen molar-refractivity contribution in [1.29, 1.82) is 0 Å². The number of ether oxygens (including phenoxy) is 1. The summed E-state index contributed by atoms with van der Waals surface area (Å²) in [6, 6.07) is 10.9. The summed E-state index contributed by atoms with van der Waals surface area (Å²) in [5.74, 6) is 2.77. The lowest BCUT2D eigenvalue weighted by molar-refractivity contribution is -0.124. The molecule has 130 valence electrons. The molecule has 3 aromatic rings. The van der Waals surface area contributed by atoms with Crippen molar-refractivity contribution in [3.8, 4) is 35.0 Å². The summed E-state index contributed by atoms with van der Waals surface area (Å²) in [5.41, 5.74) is 2.77. The predicted octanol–water partition coefficient (Wildman–Crippen LogP) is 2.55. The van der Waals surface area contributed by atoms with Crippen LogP contribution in [0, 0.1) is 12.3 Å². The highest BCUT2D eigenvalue weighted by atomic mass is 16.5. The molecule has 0 unspecified atom stereocenters. The number of aromatic hydroxyl groups is 1. The number of carbonyl (C=O) groups is 1. The number of rotatable bonds is 3. The average molecular weight is 347 g/mol. The minimum atomic E-state index is -0.303. The van der Waals surface area contributed by atoms with Crippen molar-refractivity contribution >= 4 is 16.8 Å². The Morgan fingerprint density at radius 2 is 2.12 bits per heavy atom. The second-order valence-electron chi connectivity index (χ2n) is 6.28. The van der Waals surface area contributed by atoms with E-state index in [0.717, 1.165) is 28.5 Å². The maximum absolute atomic E-state index is 11.6. The Bertz CT molecular complexity index is 1000. The fourth-order valence-corrected chi connectivity index (χ4v) is 3.22. The molecule has 0 bridgehead atoms. The lowest BCUT2D eigenvalue weighted by atomic mass is 10.0. The van der Waals surface area contributed by atoms with E-state index in [1.807, 2.05) is 24.3 Å². The standard InChI is InChI=1S/C20H17N3O3/c1-2-20(25)23-8-7-16(12-23)26-19-10-14(9-18-17(19)11-21-22-18)13-3-5-15(24)6-4-13/h1,3-6,9-11,16,24H,7-8,12H2,(H,21,22)/t16-/m0/s1. The highest BCUT2D eigenvalue weighted by Crippen LogP contribution is 2.33. The Morgan fingerprint density at radius 3 is 2.88 bits per heavy atom. The van der Waals surface area contributed by atoms with Crippen LogP contribution in [0.3, 0.4) is 0 Å². The monoisotopic (exact) mass is 347 g/mol. The van der Waals surface area contributed by atoms with Crippen molar-refractivity contribution < 1.29 is 14.6 Å². The lowest BCUT2D eigenvalue weighted by Crippen LogP contribution is -2.29. The number of aromatic nitrogens is 2. The Kier molecular flexibility index (Phi) is 3.98. The second-order valence-corrected chi connectivity index (χ2v) is 6.28. The number of nitrogens with zero attached hydrogens (tertiary/aromatic N) is 2. The summed E-state index contributed by atoms with van der Waals surface area (Å²) < 4.78 is 6.19. The number of likely N-dealkylation sites (tertiary alicyclic amines) is 1. The van der Waals surface area contributed by atoms with Gasteiger partial charge in [-0.3, -0.25) is 9.89 Å². The number of benzene rings is 2. The van der Waals surface area contributed by atoms with Gasteiger partial charge >= 0.3 is 0 Å². The molecule has 2 N–H and O–H groups in total. The van der Waals surface area contributed by atoms with Crippen LogP contribution in [-0.2, 0) is 4.79 Å². The number of phenolic OH excluding ortho intramolecular Hbond substituents is 1. The van der Waals surface area contributed by atoms with E-state index in [-0.39, 0.29) is 17.8 Å². The molecular formula is C20H17N3O3. The van der Waals surface area contributed by atoms with Crippen LogP contribution >= 0.6 is 0 Å². The molecule has 1 aliphatic rings. The Morgan fingerprint density at radius 1 is 1.31 bits per heavy atom. The van der Waals surface area contributed by atoms with E-state index in [4.69, 9.17) is 11.2 Å². The molecule has 4 rings (SSSR count). The van der Waals surface area contributed by atoms with E-state index in [2.05, 4.69) is 16.1 Å². The molecule has 1 amide bonds. The molecule has 1 atom stereocenters. The molecule has 2 aromatic carbocycles. The van der Waals surface area contributed by atoms with E-state index in [1.165, 1.54) is 0 Å². The number of fused-ring (bicyclic) bond motifs is 1. The maximum Gasteiger partial charge on any atom is 0.298 e. The molecule has 0 radical (unpaired) electrons. The maximum atomic E-state index is 11.6.